The van der Waals surface area contributed by atoms with Crippen LogP contribution in [-0.2, 0) is 11.2 Å². The summed E-state index contributed by atoms with van der Waals surface area (Å²) >= 11 is 0. The second-order valence-electron chi connectivity index (χ2n) is 7.74. The molecule has 2 aliphatic heterocycles. The Morgan fingerprint density at radius 1 is 0.933 bits per heavy atom. The van der Waals surface area contributed by atoms with Gasteiger partial charge in [-0.2, -0.15) is 0 Å². The predicted octanol–water partition coefficient (Wildman–Crippen LogP) is 3.96. The number of nitrogens with one attached hydrogen (secondary N) is 1. The Morgan fingerprint density at radius 2 is 1.73 bits per heavy atom. The molecule has 0 aromatic heterocycles. The van der Waals surface area contributed by atoms with E-state index in [2.05, 4.69) is 63.6 Å². The third kappa shape index (κ3) is 4.23. The van der Waals surface area contributed by atoms with E-state index in [1.807, 2.05) is 12.1 Å². The van der Waals surface area contributed by atoms with Gasteiger partial charge in [-0.3, -0.25) is 9.69 Å². The first kappa shape index (κ1) is 20.5. The van der Waals surface area contributed by atoms with Crippen LogP contribution in [0.4, 0.5) is 11.4 Å². The van der Waals surface area contributed by atoms with Gasteiger partial charge in [0.05, 0.1) is 5.69 Å². The lowest BCUT2D eigenvalue weighted by atomic mass is 10.1. The van der Waals surface area contributed by atoms with E-state index in [4.69, 9.17) is 4.74 Å². The van der Waals surface area contributed by atoms with Gasteiger partial charge in [-0.25, -0.2) is 0 Å². The molecule has 0 unspecified atom stereocenters. The SMILES string of the molecule is Cl.O=C1COc2ccc(CCN3CCN(c4cccc5ccccc45)CC3)cc2N1. The average Bonchev–Trinajstić information content (AvgIpc) is 2.77. The Balaban J connectivity index is 0.00000218. The number of fused-ring (bicyclic) bond motifs is 2. The van der Waals surface area contributed by atoms with Crippen LogP contribution in [0.5, 0.6) is 5.75 Å². The van der Waals surface area contributed by atoms with Crippen LogP contribution >= 0.6 is 12.4 Å². The average molecular weight is 424 g/mol. The number of carbonyl (C=O) groups is 1. The summed E-state index contributed by atoms with van der Waals surface area (Å²) in [6.07, 6.45) is 0.970. The summed E-state index contributed by atoms with van der Waals surface area (Å²) in [6.45, 7) is 5.34. The van der Waals surface area contributed by atoms with Gasteiger partial charge in [0.25, 0.3) is 5.91 Å². The summed E-state index contributed by atoms with van der Waals surface area (Å²) < 4.78 is 5.44. The fourth-order valence-corrected chi connectivity index (χ4v) is 4.27. The first-order chi connectivity index (χ1) is 14.3. The quantitative estimate of drug-likeness (QED) is 0.690. The number of piperazine rings is 1. The summed E-state index contributed by atoms with van der Waals surface area (Å²) in [5.74, 6) is 0.677. The van der Waals surface area contributed by atoms with Gasteiger partial charge in [0.1, 0.15) is 5.75 Å². The third-order valence-electron chi connectivity index (χ3n) is 5.87. The number of nitrogens with zero attached hydrogens (tertiary/aromatic N) is 2. The fourth-order valence-electron chi connectivity index (χ4n) is 4.27. The van der Waals surface area contributed by atoms with E-state index in [0.29, 0.717) is 0 Å². The number of carbonyl (C=O) groups excluding carboxylic acids is 1. The minimum atomic E-state index is -0.0841. The molecule has 30 heavy (non-hydrogen) atoms. The predicted molar refractivity (Wildman–Crippen MR) is 124 cm³/mol. The number of hydrogen-bond acceptors (Lipinski definition) is 4. The molecular formula is C24H26ClN3O2. The molecule has 5 nitrogen and oxygen atoms in total. The van der Waals surface area contributed by atoms with E-state index in [9.17, 15) is 4.79 Å². The van der Waals surface area contributed by atoms with Crippen LogP contribution in [0, 0.1) is 0 Å². The van der Waals surface area contributed by atoms with Gasteiger partial charge < -0.3 is 15.0 Å². The van der Waals surface area contributed by atoms with Gasteiger partial charge in [0.2, 0.25) is 0 Å². The van der Waals surface area contributed by atoms with Gasteiger partial charge in [-0.05, 0) is 35.6 Å². The van der Waals surface area contributed by atoms with Gasteiger partial charge in [0, 0.05) is 43.8 Å². The molecule has 1 saturated heterocycles. The first-order valence-electron chi connectivity index (χ1n) is 10.3. The smallest absolute Gasteiger partial charge is 0.262 e. The number of hydrogen-bond donors (Lipinski definition) is 1. The van der Waals surface area contributed by atoms with Crippen molar-refractivity contribution in [2.45, 2.75) is 6.42 Å². The van der Waals surface area contributed by atoms with Gasteiger partial charge in [-0.1, -0.05) is 42.5 Å². The third-order valence-corrected chi connectivity index (χ3v) is 5.87. The van der Waals surface area contributed by atoms with Crippen molar-refractivity contribution in [3.8, 4) is 5.75 Å². The van der Waals surface area contributed by atoms with Crippen LogP contribution in [0.25, 0.3) is 10.8 Å². The van der Waals surface area contributed by atoms with Crippen LogP contribution in [-0.4, -0.2) is 50.1 Å². The summed E-state index contributed by atoms with van der Waals surface area (Å²) in [6, 6.07) is 21.3. The molecule has 0 bridgehead atoms. The number of ether oxygens (including phenoxy) is 1. The lowest BCUT2D eigenvalue weighted by Crippen LogP contribution is -2.47. The molecule has 2 aliphatic rings. The molecule has 156 valence electrons. The molecule has 1 amide bonds. The Hall–Kier alpha value is -2.76. The van der Waals surface area contributed by atoms with Crippen LogP contribution in [0.2, 0.25) is 0 Å². The van der Waals surface area contributed by atoms with Crippen molar-refractivity contribution in [2.75, 3.05) is 49.5 Å². The van der Waals surface area contributed by atoms with Gasteiger partial charge >= 0.3 is 0 Å². The molecule has 2 heterocycles. The molecule has 6 heteroatoms. The van der Waals surface area contributed by atoms with E-state index < -0.39 is 0 Å². The summed E-state index contributed by atoms with van der Waals surface area (Å²) in [5.41, 5.74) is 3.36. The topological polar surface area (TPSA) is 44.8 Å². The summed E-state index contributed by atoms with van der Waals surface area (Å²) in [5, 5.41) is 5.53. The van der Waals surface area contributed by atoms with E-state index in [1.165, 1.54) is 22.0 Å². The van der Waals surface area contributed by atoms with Crippen molar-refractivity contribution in [3.05, 3.63) is 66.2 Å². The zero-order valence-corrected chi connectivity index (χ0v) is 17.7. The highest BCUT2D eigenvalue weighted by atomic mass is 35.5. The zero-order valence-electron chi connectivity index (χ0n) is 16.8. The van der Waals surface area contributed by atoms with Crippen LogP contribution in [0.15, 0.2) is 60.7 Å². The van der Waals surface area contributed by atoms with Gasteiger partial charge in [-0.15, -0.1) is 12.4 Å². The standard InChI is InChI=1S/C24H25N3O2.ClH/c28-24-17-29-23-9-8-18(16-21(23)25-24)10-11-26-12-14-27(15-13-26)22-7-3-5-19-4-1-2-6-20(19)22;/h1-9,16H,10-15,17H2,(H,25,28);1H. The highest BCUT2D eigenvalue weighted by Crippen LogP contribution is 2.29. The van der Waals surface area contributed by atoms with Crippen LogP contribution in [0.3, 0.4) is 0 Å². The molecule has 0 atom stereocenters. The molecule has 0 radical (unpaired) electrons. The second kappa shape index (κ2) is 8.94. The van der Waals surface area contributed by atoms with Crippen molar-refractivity contribution in [3.63, 3.8) is 0 Å². The van der Waals surface area contributed by atoms with Crippen molar-refractivity contribution in [2.24, 2.45) is 0 Å². The maximum absolute atomic E-state index is 11.5. The highest BCUT2D eigenvalue weighted by Gasteiger charge is 2.19. The Labute approximate surface area is 183 Å². The maximum atomic E-state index is 11.5. The molecular weight excluding hydrogens is 398 g/mol. The number of amides is 1. The molecule has 5 rings (SSSR count). The van der Waals surface area contributed by atoms with E-state index in [1.54, 1.807) is 0 Å². The maximum Gasteiger partial charge on any atom is 0.262 e. The largest absolute Gasteiger partial charge is 0.482 e. The molecule has 1 N–H and O–H groups in total. The van der Waals surface area contributed by atoms with Gasteiger partial charge in [0.15, 0.2) is 6.61 Å². The molecule has 1 fully saturated rings. The van der Waals surface area contributed by atoms with Crippen molar-refractivity contribution < 1.29 is 9.53 Å². The minimum absolute atomic E-state index is 0. The van der Waals surface area contributed by atoms with Crippen molar-refractivity contribution >= 4 is 40.5 Å². The molecule has 0 spiro atoms. The fraction of sp³-hybridized carbons (Fsp3) is 0.292. The zero-order chi connectivity index (χ0) is 19.6. The highest BCUT2D eigenvalue weighted by molar-refractivity contribution is 5.95. The Bertz CT molecular complexity index is 1040. The molecule has 3 aromatic carbocycles. The minimum Gasteiger partial charge on any atom is -0.482 e. The van der Waals surface area contributed by atoms with E-state index in [0.717, 1.165) is 50.6 Å². The number of benzene rings is 3. The van der Waals surface area contributed by atoms with E-state index >= 15 is 0 Å². The van der Waals surface area contributed by atoms with Crippen LogP contribution < -0.4 is 15.0 Å². The summed E-state index contributed by atoms with van der Waals surface area (Å²) in [7, 11) is 0. The molecule has 3 aromatic rings. The monoisotopic (exact) mass is 423 g/mol. The molecule has 0 aliphatic carbocycles. The molecule has 0 saturated carbocycles. The normalized spacial score (nSPS) is 16.4. The van der Waals surface area contributed by atoms with Crippen LogP contribution in [0.1, 0.15) is 5.56 Å². The Kier molecular flexibility index (Phi) is 6.11. The second-order valence-corrected chi connectivity index (χ2v) is 7.74. The Morgan fingerprint density at radius 3 is 2.60 bits per heavy atom. The van der Waals surface area contributed by atoms with Crippen molar-refractivity contribution in [1.82, 2.24) is 4.90 Å². The van der Waals surface area contributed by atoms with E-state index in [-0.39, 0.29) is 24.9 Å². The lowest BCUT2D eigenvalue weighted by Gasteiger charge is -2.36. The number of rotatable bonds is 4. The lowest BCUT2D eigenvalue weighted by molar-refractivity contribution is -0.118. The number of halogens is 1. The van der Waals surface area contributed by atoms with Crippen molar-refractivity contribution in [1.29, 1.82) is 0 Å². The number of anilines is 2. The first-order valence-corrected chi connectivity index (χ1v) is 10.3. The summed E-state index contributed by atoms with van der Waals surface area (Å²) in [4.78, 5) is 16.6.